The Balaban J connectivity index is 1.80. The van der Waals surface area contributed by atoms with Crippen LogP contribution in [0.5, 0.6) is 0 Å². The fraction of sp³-hybridized carbons (Fsp3) is 0.263. The summed E-state index contributed by atoms with van der Waals surface area (Å²) in [6.07, 6.45) is 0. The average Bonchev–Trinajstić information content (AvgIpc) is 2.92. The summed E-state index contributed by atoms with van der Waals surface area (Å²) in [5.41, 5.74) is 6.66. The largest absolute Gasteiger partial charge is 0.394 e. The van der Waals surface area contributed by atoms with E-state index < -0.39 is 0 Å². The number of rotatable bonds is 5. The molecule has 6 nitrogen and oxygen atoms in total. The second kappa shape index (κ2) is 7.46. The number of aliphatic hydroxyl groups is 1. The topological polar surface area (TPSA) is 75.0 Å². The Labute approximate surface area is 147 Å². The van der Waals surface area contributed by atoms with Crippen LogP contribution < -0.4 is 10.3 Å². The van der Waals surface area contributed by atoms with Gasteiger partial charge in [-0.05, 0) is 29.8 Å². The van der Waals surface area contributed by atoms with Gasteiger partial charge in [-0.3, -0.25) is 10.4 Å². The molecule has 1 unspecified atom stereocenters. The van der Waals surface area contributed by atoms with Gasteiger partial charge in [-0.25, -0.2) is 10.4 Å². The van der Waals surface area contributed by atoms with Crippen LogP contribution in [0, 0.1) is 5.41 Å². The molecule has 2 aromatic rings. The van der Waals surface area contributed by atoms with Crippen molar-refractivity contribution in [2.24, 2.45) is 4.99 Å². The van der Waals surface area contributed by atoms with Gasteiger partial charge in [-0.2, -0.15) is 0 Å². The van der Waals surface area contributed by atoms with E-state index in [0.717, 1.165) is 16.9 Å². The lowest BCUT2D eigenvalue weighted by atomic mass is 10.2. The lowest BCUT2D eigenvalue weighted by molar-refractivity contribution is 0.223. The fourth-order valence-corrected chi connectivity index (χ4v) is 2.73. The Morgan fingerprint density at radius 1 is 1.12 bits per heavy atom. The van der Waals surface area contributed by atoms with E-state index in [0.29, 0.717) is 18.1 Å². The van der Waals surface area contributed by atoms with Crippen molar-refractivity contribution < 1.29 is 5.11 Å². The van der Waals surface area contributed by atoms with Crippen LogP contribution in [-0.4, -0.2) is 48.4 Å². The van der Waals surface area contributed by atoms with Gasteiger partial charge >= 0.3 is 0 Å². The lowest BCUT2D eigenvalue weighted by Crippen LogP contribution is -2.38. The summed E-state index contributed by atoms with van der Waals surface area (Å²) in [6, 6.07) is 17.4. The first-order valence-electron chi connectivity index (χ1n) is 8.22. The van der Waals surface area contributed by atoms with Crippen molar-refractivity contribution in [1.29, 1.82) is 5.41 Å². The van der Waals surface area contributed by atoms with Crippen LogP contribution in [-0.2, 0) is 6.54 Å². The van der Waals surface area contributed by atoms with Gasteiger partial charge in [0.05, 0.1) is 24.9 Å². The van der Waals surface area contributed by atoms with Gasteiger partial charge in [-0.15, -0.1) is 0 Å². The predicted octanol–water partition coefficient (Wildman–Crippen LogP) is 2.18. The molecule has 1 fully saturated rings. The van der Waals surface area contributed by atoms with Crippen molar-refractivity contribution in [3.63, 3.8) is 0 Å². The molecule has 1 heterocycles. The summed E-state index contributed by atoms with van der Waals surface area (Å²) in [5, 5.41) is 19.8. The summed E-state index contributed by atoms with van der Waals surface area (Å²) in [5.74, 6) is 0.291. The highest BCUT2D eigenvalue weighted by atomic mass is 16.3. The minimum Gasteiger partial charge on any atom is -0.394 e. The molecule has 6 heteroatoms. The van der Waals surface area contributed by atoms with E-state index in [2.05, 4.69) is 10.4 Å². The third-order valence-corrected chi connectivity index (χ3v) is 4.14. The molecular formula is C19H23N5O. The molecule has 1 atom stereocenters. The number of benzene rings is 2. The molecule has 0 saturated carbocycles. The van der Waals surface area contributed by atoms with Crippen molar-refractivity contribution in [3.05, 3.63) is 60.2 Å². The molecule has 25 heavy (non-hydrogen) atoms. The molecule has 0 bridgehead atoms. The molecule has 0 radical (unpaired) electrons. The zero-order chi connectivity index (χ0) is 17.8. The summed E-state index contributed by atoms with van der Waals surface area (Å²) >= 11 is 0. The van der Waals surface area contributed by atoms with E-state index in [9.17, 15) is 5.11 Å². The molecule has 0 aliphatic carbocycles. The van der Waals surface area contributed by atoms with Gasteiger partial charge in [-0.1, -0.05) is 30.3 Å². The number of nitrogens with zero attached hydrogens (tertiary/aromatic N) is 3. The van der Waals surface area contributed by atoms with Crippen molar-refractivity contribution >= 4 is 22.9 Å². The van der Waals surface area contributed by atoms with Crippen LogP contribution in [0.25, 0.3) is 0 Å². The van der Waals surface area contributed by atoms with Crippen molar-refractivity contribution in [1.82, 2.24) is 10.4 Å². The van der Waals surface area contributed by atoms with E-state index in [1.54, 1.807) is 5.01 Å². The van der Waals surface area contributed by atoms with Crippen LogP contribution in [0.4, 0.5) is 11.4 Å². The van der Waals surface area contributed by atoms with Crippen molar-refractivity contribution in [2.45, 2.75) is 12.6 Å². The number of amidine groups is 1. The number of aliphatic imine (C=N–C) groups is 1. The van der Waals surface area contributed by atoms with E-state index in [1.807, 2.05) is 73.6 Å². The normalized spacial score (nSPS) is 18.8. The summed E-state index contributed by atoms with van der Waals surface area (Å²) in [4.78, 5) is 6.62. The molecule has 0 amide bonds. The fourth-order valence-electron chi connectivity index (χ4n) is 2.73. The van der Waals surface area contributed by atoms with E-state index in [4.69, 9.17) is 5.41 Å². The Hall–Kier alpha value is -2.70. The second-order valence-electron chi connectivity index (χ2n) is 6.19. The second-order valence-corrected chi connectivity index (χ2v) is 6.19. The van der Waals surface area contributed by atoms with Gasteiger partial charge in [0.1, 0.15) is 5.71 Å². The third kappa shape index (κ3) is 3.87. The highest BCUT2D eigenvalue weighted by Gasteiger charge is 2.33. The zero-order valence-electron chi connectivity index (χ0n) is 14.5. The first-order chi connectivity index (χ1) is 12.1. The van der Waals surface area contributed by atoms with Crippen LogP contribution in [0.1, 0.15) is 5.56 Å². The highest BCUT2D eigenvalue weighted by Crippen LogP contribution is 2.20. The molecule has 130 valence electrons. The molecule has 1 saturated heterocycles. The summed E-state index contributed by atoms with van der Waals surface area (Å²) < 4.78 is 0. The highest BCUT2D eigenvalue weighted by molar-refractivity contribution is 6.44. The summed E-state index contributed by atoms with van der Waals surface area (Å²) in [7, 11) is 3.97. The Kier molecular flexibility index (Phi) is 5.11. The number of nitrogens with one attached hydrogen (secondary N) is 2. The molecular weight excluding hydrogens is 314 g/mol. The van der Waals surface area contributed by atoms with Crippen molar-refractivity contribution in [2.75, 3.05) is 25.6 Å². The monoisotopic (exact) mass is 337 g/mol. The first-order valence-corrected chi connectivity index (χ1v) is 8.22. The Morgan fingerprint density at radius 3 is 2.40 bits per heavy atom. The number of aliphatic hydroxyl groups excluding tert-OH is 1. The summed E-state index contributed by atoms with van der Waals surface area (Å²) in [6.45, 7) is 0.442. The van der Waals surface area contributed by atoms with Crippen LogP contribution in [0.3, 0.4) is 0 Å². The quantitative estimate of drug-likeness (QED) is 0.782. The predicted molar refractivity (Wildman–Crippen MR) is 102 cm³/mol. The molecule has 3 rings (SSSR count). The minimum absolute atomic E-state index is 0.109. The molecule has 2 aromatic carbocycles. The maximum absolute atomic E-state index is 9.66. The van der Waals surface area contributed by atoms with E-state index in [-0.39, 0.29) is 12.6 Å². The SMILES string of the molecule is CN(C)c1ccc(N=C2C(=N)N(Cc3ccccc3)NC2CO)cc1. The lowest BCUT2D eigenvalue weighted by Gasteiger charge is -2.18. The van der Waals surface area contributed by atoms with E-state index in [1.165, 1.54) is 0 Å². The minimum atomic E-state index is -0.371. The Morgan fingerprint density at radius 2 is 1.80 bits per heavy atom. The van der Waals surface area contributed by atoms with Gasteiger partial charge in [0.15, 0.2) is 5.84 Å². The van der Waals surface area contributed by atoms with Crippen LogP contribution in [0.2, 0.25) is 0 Å². The number of hydrogen-bond donors (Lipinski definition) is 3. The maximum atomic E-state index is 9.66. The van der Waals surface area contributed by atoms with Gasteiger partial charge < -0.3 is 10.0 Å². The van der Waals surface area contributed by atoms with Gasteiger partial charge in [0.2, 0.25) is 0 Å². The first kappa shape index (κ1) is 17.1. The average molecular weight is 337 g/mol. The van der Waals surface area contributed by atoms with Crippen LogP contribution >= 0.6 is 0 Å². The molecule has 1 aliphatic rings. The zero-order valence-corrected chi connectivity index (χ0v) is 14.5. The Bertz CT molecular complexity index is 755. The standard InChI is InChI=1S/C19H23N5O/c1-23(2)16-10-8-15(9-11-16)21-18-17(13-25)22-24(19(18)20)12-14-6-4-3-5-7-14/h3-11,17,20,22,25H,12-13H2,1-2H3. The van der Waals surface area contributed by atoms with Gasteiger partial charge in [0, 0.05) is 19.8 Å². The molecule has 1 aliphatic heterocycles. The smallest absolute Gasteiger partial charge is 0.159 e. The van der Waals surface area contributed by atoms with Crippen molar-refractivity contribution in [3.8, 4) is 0 Å². The molecule has 0 spiro atoms. The number of hydrogen-bond acceptors (Lipinski definition) is 5. The number of hydrazine groups is 1. The number of anilines is 1. The van der Waals surface area contributed by atoms with Crippen LogP contribution in [0.15, 0.2) is 59.6 Å². The third-order valence-electron chi connectivity index (χ3n) is 4.14. The maximum Gasteiger partial charge on any atom is 0.159 e. The molecule has 3 N–H and O–H groups in total. The van der Waals surface area contributed by atoms with Gasteiger partial charge in [0.25, 0.3) is 0 Å². The molecule has 0 aromatic heterocycles. The van der Waals surface area contributed by atoms with E-state index >= 15 is 0 Å².